The van der Waals surface area contributed by atoms with E-state index in [1.165, 1.54) is 0 Å². The third-order valence-corrected chi connectivity index (χ3v) is 5.13. The number of benzene rings is 1. The number of rotatable bonds is 3. The van der Waals surface area contributed by atoms with Crippen LogP contribution in [0.3, 0.4) is 0 Å². The van der Waals surface area contributed by atoms with Crippen LogP contribution in [-0.2, 0) is 24.4 Å². The fourth-order valence-electron chi connectivity index (χ4n) is 3.87. The molecule has 3 heterocycles. The maximum absolute atomic E-state index is 12.9. The average Bonchev–Trinajstić information content (AvgIpc) is 3.12. The summed E-state index contributed by atoms with van der Waals surface area (Å²) in [6.45, 7) is 9.37. The van der Waals surface area contributed by atoms with Gasteiger partial charge in [0.2, 0.25) is 0 Å². The molecule has 1 aromatic carbocycles. The van der Waals surface area contributed by atoms with Crippen LogP contribution in [0.5, 0.6) is 0 Å². The summed E-state index contributed by atoms with van der Waals surface area (Å²) in [6, 6.07) is 8.13. The Labute approximate surface area is 158 Å². The van der Waals surface area contributed by atoms with E-state index in [1.807, 2.05) is 32.0 Å². The molecule has 2 aliphatic rings. The van der Waals surface area contributed by atoms with Gasteiger partial charge in [-0.15, -0.1) is 0 Å². The molecule has 27 heavy (non-hydrogen) atoms. The first-order chi connectivity index (χ1) is 12.8. The van der Waals surface area contributed by atoms with Crippen molar-refractivity contribution in [3.05, 3.63) is 41.7 Å². The van der Waals surface area contributed by atoms with Crippen molar-refractivity contribution in [2.75, 3.05) is 19.8 Å². The molecular formula is C21H26N2O4. The minimum Gasteiger partial charge on any atom is -0.459 e. The predicted octanol–water partition coefficient (Wildman–Crippen LogP) is 3.08. The van der Waals surface area contributed by atoms with Crippen LogP contribution >= 0.6 is 0 Å². The molecule has 6 nitrogen and oxygen atoms in total. The molecule has 1 unspecified atom stereocenters. The van der Waals surface area contributed by atoms with Crippen molar-refractivity contribution in [2.45, 2.75) is 45.0 Å². The fraction of sp³-hybridized carbons (Fsp3) is 0.476. The second kappa shape index (κ2) is 6.39. The Balaban J connectivity index is 1.61. The number of esters is 1. The van der Waals surface area contributed by atoms with E-state index in [9.17, 15) is 4.79 Å². The van der Waals surface area contributed by atoms with Gasteiger partial charge in [-0.1, -0.05) is 32.0 Å². The molecule has 144 valence electrons. The summed E-state index contributed by atoms with van der Waals surface area (Å²) in [7, 11) is 0. The smallest absolute Gasteiger partial charge is 0.341 e. The topological polar surface area (TPSA) is 72.6 Å². The molecule has 1 fully saturated rings. The molecule has 0 radical (unpaired) electrons. The zero-order chi connectivity index (χ0) is 19.2. The zero-order valence-corrected chi connectivity index (χ0v) is 16.2. The monoisotopic (exact) mass is 370 g/mol. The number of hydrogen-bond acceptors (Lipinski definition) is 5. The van der Waals surface area contributed by atoms with Gasteiger partial charge in [0.25, 0.3) is 0 Å². The number of carbonyl (C=O) groups is 1. The predicted molar refractivity (Wildman–Crippen MR) is 103 cm³/mol. The highest BCUT2D eigenvalue weighted by molar-refractivity contribution is 6.17. The van der Waals surface area contributed by atoms with E-state index in [-0.39, 0.29) is 24.1 Å². The number of hydrogen-bond donors (Lipinski definition) is 2. The first-order valence-corrected chi connectivity index (χ1v) is 9.31. The van der Waals surface area contributed by atoms with E-state index < -0.39 is 5.79 Å². The van der Waals surface area contributed by atoms with E-state index in [0.717, 1.165) is 28.7 Å². The Kier molecular flexibility index (Phi) is 4.28. The first-order valence-electron chi connectivity index (χ1n) is 9.31. The normalized spacial score (nSPS) is 23.3. The third kappa shape index (κ3) is 3.35. The largest absolute Gasteiger partial charge is 0.459 e. The summed E-state index contributed by atoms with van der Waals surface area (Å²) in [6.07, 6.45) is 1.50. The summed E-state index contributed by atoms with van der Waals surface area (Å²) in [5.74, 6) is -1.00. The lowest BCUT2D eigenvalue weighted by Crippen LogP contribution is -2.29. The third-order valence-electron chi connectivity index (χ3n) is 5.13. The lowest BCUT2D eigenvalue weighted by Gasteiger charge is -2.24. The van der Waals surface area contributed by atoms with E-state index in [2.05, 4.69) is 30.2 Å². The van der Waals surface area contributed by atoms with Crippen LogP contribution in [0, 0.1) is 0 Å². The van der Waals surface area contributed by atoms with E-state index in [1.54, 1.807) is 6.20 Å². The molecule has 4 rings (SSSR count). The van der Waals surface area contributed by atoms with Crippen LogP contribution in [0.4, 0.5) is 0 Å². The van der Waals surface area contributed by atoms with Crippen molar-refractivity contribution in [2.24, 2.45) is 0 Å². The van der Waals surface area contributed by atoms with Crippen LogP contribution in [0.25, 0.3) is 16.5 Å². The standard InChI is InChI=1S/C21H26N2O4/c1-20(2)12-22-9-15(18-17(20)14-7-5-6-8-16(14)23-18)19(24)25-10-13-11-26-21(3,4)27-13/h5-9,13,22-23H,10-12H2,1-4H3. The number of aromatic nitrogens is 1. The van der Waals surface area contributed by atoms with Gasteiger partial charge in [-0.05, 0) is 25.5 Å². The summed E-state index contributed by atoms with van der Waals surface area (Å²) >= 11 is 0. The van der Waals surface area contributed by atoms with E-state index in [4.69, 9.17) is 14.2 Å². The van der Waals surface area contributed by atoms with Crippen molar-refractivity contribution in [1.29, 1.82) is 0 Å². The van der Waals surface area contributed by atoms with Crippen LogP contribution in [-0.4, -0.2) is 42.6 Å². The number of carbonyl (C=O) groups excluding carboxylic acids is 1. The van der Waals surface area contributed by atoms with Crippen LogP contribution < -0.4 is 5.32 Å². The van der Waals surface area contributed by atoms with Gasteiger partial charge in [-0.25, -0.2) is 4.79 Å². The summed E-state index contributed by atoms with van der Waals surface area (Å²) in [5.41, 5.74) is 3.34. The maximum Gasteiger partial charge on any atom is 0.341 e. The number of H-pyrrole nitrogens is 1. The second-order valence-corrected chi connectivity index (χ2v) is 8.29. The number of ether oxygens (including phenoxy) is 3. The molecule has 0 saturated carbocycles. The maximum atomic E-state index is 12.9. The van der Waals surface area contributed by atoms with Crippen molar-refractivity contribution >= 4 is 22.4 Å². The molecule has 2 aromatic rings. The molecule has 2 N–H and O–H groups in total. The highest BCUT2D eigenvalue weighted by Crippen LogP contribution is 2.38. The van der Waals surface area contributed by atoms with Crippen LogP contribution in [0.1, 0.15) is 39.0 Å². The minimum absolute atomic E-state index is 0.139. The highest BCUT2D eigenvalue weighted by Gasteiger charge is 2.35. The molecular weight excluding hydrogens is 344 g/mol. The lowest BCUT2D eigenvalue weighted by atomic mass is 9.82. The molecule has 0 amide bonds. The molecule has 0 aliphatic carbocycles. The molecule has 2 aliphatic heterocycles. The number of nitrogens with one attached hydrogen (secondary N) is 2. The summed E-state index contributed by atoms with van der Waals surface area (Å²) in [4.78, 5) is 16.3. The van der Waals surface area contributed by atoms with Gasteiger partial charge in [-0.3, -0.25) is 0 Å². The van der Waals surface area contributed by atoms with Crippen molar-refractivity contribution in [3.63, 3.8) is 0 Å². The van der Waals surface area contributed by atoms with Crippen LogP contribution in [0.15, 0.2) is 30.5 Å². The van der Waals surface area contributed by atoms with Crippen molar-refractivity contribution in [1.82, 2.24) is 10.3 Å². The minimum atomic E-state index is -0.630. The first kappa shape index (κ1) is 18.1. The van der Waals surface area contributed by atoms with Gasteiger partial charge in [-0.2, -0.15) is 0 Å². The number of fused-ring (bicyclic) bond motifs is 3. The zero-order valence-electron chi connectivity index (χ0n) is 16.2. The molecule has 0 bridgehead atoms. The quantitative estimate of drug-likeness (QED) is 0.813. The van der Waals surface area contributed by atoms with Gasteiger partial charge >= 0.3 is 5.97 Å². The summed E-state index contributed by atoms with van der Waals surface area (Å²) < 4.78 is 16.8. The highest BCUT2D eigenvalue weighted by atomic mass is 16.7. The second-order valence-electron chi connectivity index (χ2n) is 8.29. The Morgan fingerprint density at radius 3 is 2.78 bits per heavy atom. The summed E-state index contributed by atoms with van der Waals surface area (Å²) in [5, 5.41) is 4.40. The Hall–Kier alpha value is -2.31. The van der Waals surface area contributed by atoms with Gasteiger partial charge in [0.05, 0.1) is 17.9 Å². The van der Waals surface area contributed by atoms with E-state index >= 15 is 0 Å². The molecule has 1 atom stereocenters. The Morgan fingerprint density at radius 2 is 2.04 bits per heavy atom. The van der Waals surface area contributed by atoms with Crippen molar-refractivity contribution in [3.8, 4) is 0 Å². The number of aromatic amines is 1. The van der Waals surface area contributed by atoms with Gasteiger partial charge < -0.3 is 24.5 Å². The number of para-hydroxylation sites is 1. The molecule has 1 aromatic heterocycles. The van der Waals surface area contributed by atoms with Gasteiger partial charge in [0.15, 0.2) is 5.79 Å². The van der Waals surface area contributed by atoms with Gasteiger partial charge in [0, 0.05) is 29.1 Å². The Morgan fingerprint density at radius 1 is 1.26 bits per heavy atom. The molecule has 0 spiro atoms. The van der Waals surface area contributed by atoms with Crippen LogP contribution in [0.2, 0.25) is 0 Å². The average molecular weight is 370 g/mol. The fourth-order valence-corrected chi connectivity index (χ4v) is 3.87. The lowest BCUT2D eigenvalue weighted by molar-refractivity contribution is -0.154. The molecule has 6 heteroatoms. The van der Waals surface area contributed by atoms with Gasteiger partial charge in [0.1, 0.15) is 12.7 Å². The molecule has 1 saturated heterocycles. The van der Waals surface area contributed by atoms with E-state index in [0.29, 0.717) is 12.2 Å². The Bertz CT molecular complexity index is 910. The van der Waals surface area contributed by atoms with Crippen molar-refractivity contribution < 1.29 is 19.0 Å². The SMILES string of the molecule is CC1(C)OCC(COC(=O)C2=CNCC(C)(C)c3c2[nH]c2ccccc32)O1.